The zero-order chi connectivity index (χ0) is 21.1. The summed E-state index contributed by atoms with van der Waals surface area (Å²) < 4.78 is 10.8. The Labute approximate surface area is 175 Å². The average molecular weight is 401 g/mol. The summed E-state index contributed by atoms with van der Waals surface area (Å²) in [4.78, 5) is 16.8. The summed E-state index contributed by atoms with van der Waals surface area (Å²) >= 11 is 0. The van der Waals surface area contributed by atoms with E-state index in [1.165, 1.54) is 0 Å². The fraction of sp³-hybridized carbons (Fsp3) is 0.167. The minimum atomic E-state index is -0.141. The Hall–Kier alpha value is -3.80. The van der Waals surface area contributed by atoms with E-state index in [1.807, 2.05) is 49.4 Å². The van der Waals surface area contributed by atoms with Gasteiger partial charge in [-0.25, -0.2) is 0 Å². The van der Waals surface area contributed by atoms with Gasteiger partial charge in [-0.15, -0.1) is 0 Å². The van der Waals surface area contributed by atoms with Crippen LogP contribution in [0.15, 0.2) is 66.6 Å². The molecule has 1 amide bonds. The first kappa shape index (κ1) is 19.5. The number of nitrogens with one attached hydrogen (secondary N) is 2. The minimum absolute atomic E-state index is 0.141. The lowest BCUT2D eigenvalue weighted by atomic mass is 10.0. The monoisotopic (exact) mass is 401 g/mol. The van der Waals surface area contributed by atoms with Gasteiger partial charge in [-0.3, -0.25) is 9.78 Å². The Bertz CT molecular complexity index is 1110. The van der Waals surface area contributed by atoms with Crippen LogP contribution in [0.4, 0.5) is 11.4 Å². The maximum absolute atomic E-state index is 12.8. The number of methoxy groups -OCH3 is 2. The molecule has 1 aliphatic rings. The van der Waals surface area contributed by atoms with Crippen LogP contribution in [0, 0.1) is 0 Å². The molecule has 152 valence electrons. The molecule has 0 bridgehead atoms. The number of hydrogen-bond donors (Lipinski definition) is 2. The highest BCUT2D eigenvalue weighted by molar-refractivity contribution is 6.32. The van der Waals surface area contributed by atoms with Crippen LogP contribution in [0.2, 0.25) is 0 Å². The molecule has 6 heteroatoms. The smallest absolute Gasteiger partial charge is 0.258 e. The highest BCUT2D eigenvalue weighted by Crippen LogP contribution is 2.42. The SMILES string of the molecule is CCC(Nc1ccc(-c2ccncc2)cc1)=C1C(=O)Nc2cc(OC)c(OC)cc21. The molecule has 4 rings (SSSR count). The van der Waals surface area contributed by atoms with E-state index in [0.717, 1.165) is 28.1 Å². The van der Waals surface area contributed by atoms with E-state index >= 15 is 0 Å². The average Bonchev–Trinajstić information content (AvgIpc) is 3.12. The number of anilines is 2. The first-order valence-electron chi connectivity index (χ1n) is 9.73. The molecule has 1 aliphatic heterocycles. The number of ether oxygens (including phenoxy) is 2. The van der Waals surface area contributed by atoms with E-state index in [4.69, 9.17) is 9.47 Å². The van der Waals surface area contributed by atoms with E-state index in [2.05, 4.69) is 15.6 Å². The highest BCUT2D eigenvalue weighted by atomic mass is 16.5. The third-order valence-corrected chi connectivity index (χ3v) is 5.12. The molecule has 2 aromatic carbocycles. The second-order valence-corrected chi connectivity index (χ2v) is 6.85. The number of nitrogens with zero attached hydrogens (tertiary/aromatic N) is 1. The van der Waals surface area contributed by atoms with Crippen LogP contribution in [0.3, 0.4) is 0 Å². The number of carbonyl (C=O) groups is 1. The first-order valence-corrected chi connectivity index (χ1v) is 9.73. The number of allylic oxidation sites excluding steroid dienone is 1. The Morgan fingerprint density at radius 3 is 2.23 bits per heavy atom. The van der Waals surface area contributed by atoms with E-state index in [9.17, 15) is 4.79 Å². The van der Waals surface area contributed by atoms with Gasteiger partial charge < -0.3 is 20.1 Å². The van der Waals surface area contributed by atoms with Crippen LogP contribution in [-0.2, 0) is 4.79 Å². The lowest BCUT2D eigenvalue weighted by Crippen LogP contribution is -2.10. The predicted molar refractivity (Wildman–Crippen MR) is 119 cm³/mol. The fourth-order valence-electron chi connectivity index (χ4n) is 3.59. The largest absolute Gasteiger partial charge is 0.493 e. The second-order valence-electron chi connectivity index (χ2n) is 6.85. The fourth-order valence-corrected chi connectivity index (χ4v) is 3.59. The van der Waals surface area contributed by atoms with Gasteiger partial charge in [0, 0.05) is 35.4 Å². The van der Waals surface area contributed by atoms with E-state index in [1.54, 1.807) is 32.7 Å². The number of benzene rings is 2. The molecule has 0 spiro atoms. The van der Waals surface area contributed by atoms with Crippen LogP contribution < -0.4 is 20.1 Å². The summed E-state index contributed by atoms with van der Waals surface area (Å²) in [6.45, 7) is 2.02. The van der Waals surface area contributed by atoms with E-state index < -0.39 is 0 Å². The molecule has 0 unspecified atom stereocenters. The Morgan fingerprint density at radius 1 is 0.967 bits per heavy atom. The van der Waals surface area contributed by atoms with Crippen molar-refractivity contribution >= 4 is 22.9 Å². The normalized spacial score (nSPS) is 14.0. The van der Waals surface area contributed by atoms with Crippen molar-refractivity contribution in [1.82, 2.24) is 4.98 Å². The summed E-state index contributed by atoms with van der Waals surface area (Å²) in [6.07, 6.45) is 4.23. The summed E-state index contributed by atoms with van der Waals surface area (Å²) in [5.74, 6) is 1.02. The lowest BCUT2D eigenvalue weighted by Gasteiger charge is -2.14. The van der Waals surface area contributed by atoms with Crippen molar-refractivity contribution in [3.05, 3.63) is 72.2 Å². The highest BCUT2D eigenvalue weighted by Gasteiger charge is 2.29. The molecule has 0 fully saturated rings. The Kier molecular flexibility index (Phi) is 5.39. The maximum atomic E-state index is 12.8. The predicted octanol–water partition coefficient (Wildman–Crippen LogP) is 4.95. The molecular weight excluding hydrogens is 378 g/mol. The van der Waals surface area contributed by atoms with Gasteiger partial charge in [0.05, 0.1) is 25.5 Å². The standard InChI is InChI=1S/C24H23N3O3/c1-4-19(26-17-7-5-15(6-8-17)16-9-11-25-12-10-16)23-18-13-21(29-2)22(30-3)14-20(18)27-24(23)28/h5-14,26H,4H2,1-3H3,(H,27,28). The minimum Gasteiger partial charge on any atom is -0.493 e. The molecule has 30 heavy (non-hydrogen) atoms. The van der Waals surface area contributed by atoms with Gasteiger partial charge >= 0.3 is 0 Å². The number of amides is 1. The number of hydrogen-bond acceptors (Lipinski definition) is 5. The molecule has 0 radical (unpaired) electrons. The van der Waals surface area contributed by atoms with Crippen molar-refractivity contribution in [2.45, 2.75) is 13.3 Å². The van der Waals surface area contributed by atoms with Crippen molar-refractivity contribution in [2.24, 2.45) is 0 Å². The van der Waals surface area contributed by atoms with Crippen molar-refractivity contribution in [1.29, 1.82) is 0 Å². The molecule has 2 N–H and O–H groups in total. The van der Waals surface area contributed by atoms with Crippen molar-refractivity contribution in [3.8, 4) is 22.6 Å². The molecule has 0 saturated carbocycles. The number of fused-ring (bicyclic) bond motifs is 1. The van der Waals surface area contributed by atoms with Gasteiger partial charge in [-0.1, -0.05) is 19.1 Å². The zero-order valence-electron chi connectivity index (χ0n) is 17.2. The zero-order valence-corrected chi connectivity index (χ0v) is 17.2. The maximum Gasteiger partial charge on any atom is 0.258 e. The van der Waals surface area contributed by atoms with Gasteiger partial charge in [0.15, 0.2) is 11.5 Å². The molecule has 2 heterocycles. The Balaban J connectivity index is 1.68. The van der Waals surface area contributed by atoms with Crippen molar-refractivity contribution in [3.63, 3.8) is 0 Å². The van der Waals surface area contributed by atoms with Crippen LogP contribution in [0.5, 0.6) is 11.5 Å². The van der Waals surface area contributed by atoms with Crippen LogP contribution in [-0.4, -0.2) is 25.1 Å². The van der Waals surface area contributed by atoms with Crippen LogP contribution in [0.25, 0.3) is 16.7 Å². The lowest BCUT2D eigenvalue weighted by molar-refractivity contribution is -0.110. The molecule has 1 aromatic heterocycles. The van der Waals surface area contributed by atoms with Crippen LogP contribution in [0.1, 0.15) is 18.9 Å². The van der Waals surface area contributed by atoms with E-state index in [-0.39, 0.29) is 5.91 Å². The quantitative estimate of drug-likeness (QED) is 0.572. The van der Waals surface area contributed by atoms with Gasteiger partial charge in [-0.05, 0) is 47.9 Å². The molecule has 0 aliphatic carbocycles. The van der Waals surface area contributed by atoms with E-state index in [0.29, 0.717) is 29.2 Å². The first-order chi connectivity index (χ1) is 14.6. The summed E-state index contributed by atoms with van der Waals surface area (Å²) in [5, 5.41) is 6.35. The summed E-state index contributed by atoms with van der Waals surface area (Å²) in [6, 6.07) is 15.7. The number of carbonyl (C=O) groups excluding carboxylic acids is 1. The molecule has 6 nitrogen and oxygen atoms in total. The molecule has 3 aromatic rings. The summed E-state index contributed by atoms with van der Waals surface area (Å²) in [7, 11) is 3.16. The third-order valence-electron chi connectivity index (χ3n) is 5.12. The van der Waals surface area contributed by atoms with Gasteiger partial charge in [-0.2, -0.15) is 0 Å². The molecule has 0 atom stereocenters. The number of pyridine rings is 1. The van der Waals surface area contributed by atoms with Gasteiger partial charge in [0.2, 0.25) is 0 Å². The third kappa shape index (κ3) is 3.59. The molecular formula is C24H23N3O3. The Morgan fingerprint density at radius 2 is 1.60 bits per heavy atom. The van der Waals surface area contributed by atoms with Gasteiger partial charge in [0.1, 0.15) is 0 Å². The topological polar surface area (TPSA) is 72.5 Å². The summed E-state index contributed by atoms with van der Waals surface area (Å²) in [5.41, 5.74) is 6.11. The van der Waals surface area contributed by atoms with Crippen molar-refractivity contribution in [2.75, 3.05) is 24.9 Å². The van der Waals surface area contributed by atoms with Gasteiger partial charge in [0.25, 0.3) is 5.91 Å². The number of aromatic nitrogens is 1. The second kappa shape index (κ2) is 8.29. The van der Waals surface area contributed by atoms with Crippen molar-refractivity contribution < 1.29 is 14.3 Å². The molecule has 0 saturated heterocycles. The van der Waals surface area contributed by atoms with Crippen LogP contribution >= 0.6 is 0 Å². The number of rotatable bonds is 6.